The summed E-state index contributed by atoms with van der Waals surface area (Å²) in [5.74, 6) is -0.439. The number of hydrogen-bond acceptors (Lipinski definition) is 3. The third-order valence-electron chi connectivity index (χ3n) is 3.68. The first-order valence-corrected chi connectivity index (χ1v) is 7.09. The maximum Gasteiger partial charge on any atom is 0.335 e. The van der Waals surface area contributed by atoms with Gasteiger partial charge in [0.15, 0.2) is 0 Å². The van der Waals surface area contributed by atoms with Crippen LogP contribution in [0.25, 0.3) is 5.57 Å². The molecule has 3 rings (SSSR count). The minimum Gasteiger partial charge on any atom is -0.496 e. The molecule has 0 radical (unpaired) electrons. The Morgan fingerprint density at radius 3 is 2.70 bits per heavy atom. The molecule has 0 bridgehead atoms. The van der Waals surface area contributed by atoms with Crippen molar-refractivity contribution in [1.29, 1.82) is 0 Å². The van der Waals surface area contributed by atoms with Crippen LogP contribution >= 0.6 is 0 Å². The van der Waals surface area contributed by atoms with Gasteiger partial charge in [-0.3, -0.25) is 0 Å². The molecule has 0 saturated carbocycles. The first kappa shape index (κ1) is 15.1. The van der Waals surface area contributed by atoms with Crippen molar-refractivity contribution in [3.8, 4) is 11.5 Å². The van der Waals surface area contributed by atoms with E-state index in [0.29, 0.717) is 22.6 Å². The van der Waals surface area contributed by atoms with E-state index in [2.05, 4.69) is 0 Å². The van der Waals surface area contributed by atoms with Crippen LogP contribution in [0.5, 0.6) is 11.5 Å². The van der Waals surface area contributed by atoms with Gasteiger partial charge < -0.3 is 14.6 Å². The molecule has 1 aliphatic heterocycles. The Morgan fingerprint density at radius 1 is 1.22 bits per heavy atom. The molecule has 1 atom stereocenters. The molecule has 118 valence electrons. The largest absolute Gasteiger partial charge is 0.496 e. The minimum atomic E-state index is -1.02. The number of carboxylic acids is 1. The summed E-state index contributed by atoms with van der Waals surface area (Å²) in [6, 6.07) is 8.96. The number of carboxylic acid groups (broad SMARTS) is 1. The van der Waals surface area contributed by atoms with Gasteiger partial charge in [-0.25, -0.2) is 9.18 Å². The number of methoxy groups -OCH3 is 1. The highest BCUT2D eigenvalue weighted by molar-refractivity contribution is 5.93. The number of ether oxygens (including phenoxy) is 2. The van der Waals surface area contributed by atoms with E-state index in [1.165, 1.54) is 25.3 Å². The molecule has 0 aliphatic carbocycles. The van der Waals surface area contributed by atoms with Gasteiger partial charge in [0, 0.05) is 17.2 Å². The molecule has 0 saturated heterocycles. The lowest BCUT2D eigenvalue weighted by atomic mass is 9.92. The summed E-state index contributed by atoms with van der Waals surface area (Å²) in [6.07, 6.45) is 1.67. The van der Waals surface area contributed by atoms with Crippen LogP contribution < -0.4 is 9.47 Å². The first-order chi connectivity index (χ1) is 11.0. The Balaban J connectivity index is 2.20. The predicted octanol–water partition coefficient (Wildman–Crippen LogP) is 3.75. The van der Waals surface area contributed by atoms with Gasteiger partial charge in [-0.1, -0.05) is 0 Å². The summed E-state index contributed by atoms with van der Waals surface area (Å²) in [5, 5.41) is 9.20. The fraction of sp³-hybridized carbons (Fsp3) is 0.167. The van der Waals surface area contributed by atoms with Crippen LogP contribution in [0.15, 0.2) is 42.5 Å². The van der Waals surface area contributed by atoms with Crippen molar-refractivity contribution in [2.75, 3.05) is 7.11 Å². The normalized spacial score (nSPS) is 16.1. The molecule has 0 amide bonds. The summed E-state index contributed by atoms with van der Waals surface area (Å²) in [6.45, 7) is 1.88. The van der Waals surface area contributed by atoms with E-state index in [9.17, 15) is 14.3 Å². The van der Waals surface area contributed by atoms with Gasteiger partial charge in [-0.15, -0.1) is 0 Å². The van der Waals surface area contributed by atoms with Crippen molar-refractivity contribution in [3.05, 3.63) is 65.0 Å². The fourth-order valence-electron chi connectivity index (χ4n) is 2.66. The van der Waals surface area contributed by atoms with Crippen molar-refractivity contribution in [3.63, 3.8) is 0 Å². The Bertz CT molecular complexity index is 811. The Morgan fingerprint density at radius 2 is 2.00 bits per heavy atom. The smallest absolute Gasteiger partial charge is 0.335 e. The standard InChI is InChI=1S/C18H15FO4/c1-10-7-14(13-5-4-12(19)9-17(13)22-2)15-8-11(18(20)21)3-6-16(15)23-10/h3-10H,1-2H3,(H,20,21). The molecular weight excluding hydrogens is 299 g/mol. The lowest BCUT2D eigenvalue weighted by Crippen LogP contribution is -2.16. The number of fused-ring (bicyclic) bond motifs is 1. The molecule has 1 heterocycles. The molecule has 1 N–H and O–H groups in total. The van der Waals surface area contributed by atoms with Crippen LogP contribution in [0.2, 0.25) is 0 Å². The first-order valence-electron chi connectivity index (χ1n) is 7.09. The highest BCUT2D eigenvalue weighted by atomic mass is 19.1. The van der Waals surface area contributed by atoms with Gasteiger partial charge in [0.05, 0.1) is 12.7 Å². The van der Waals surface area contributed by atoms with Crippen LogP contribution in [-0.4, -0.2) is 24.3 Å². The van der Waals surface area contributed by atoms with Gasteiger partial charge in [-0.2, -0.15) is 0 Å². The molecule has 1 unspecified atom stereocenters. The minimum absolute atomic E-state index is 0.161. The third-order valence-corrected chi connectivity index (χ3v) is 3.68. The quantitative estimate of drug-likeness (QED) is 0.937. The van der Waals surface area contributed by atoms with Crippen LogP contribution in [-0.2, 0) is 0 Å². The maximum absolute atomic E-state index is 13.4. The average molecular weight is 314 g/mol. The van der Waals surface area contributed by atoms with E-state index in [-0.39, 0.29) is 11.7 Å². The molecule has 2 aromatic carbocycles. The zero-order chi connectivity index (χ0) is 16.6. The van der Waals surface area contributed by atoms with Gasteiger partial charge >= 0.3 is 5.97 Å². The maximum atomic E-state index is 13.4. The predicted molar refractivity (Wildman–Crippen MR) is 83.5 cm³/mol. The van der Waals surface area contributed by atoms with Crippen LogP contribution in [0.1, 0.15) is 28.4 Å². The van der Waals surface area contributed by atoms with E-state index < -0.39 is 11.8 Å². The third kappa shape index (κ3) is 2.77. The van der Waals surface area contributed by atoms with E-state index in [1.807, 2.05) is 13.0 Å². The van der Waals surface area contributed by atoms with Crippen LogP contribution in [0, 0.1) is 5.82 Å². The summed E-state index contributed by atoms with van der Waals surface area (Å²) in [4.78, 5) is 11.2. The second-order valence-electron chi connectivity index (χ2n) is 5.26. The van der Waals surface area contributed by atoms with Gasteiger partial charge in [0.2, 0.25) is 0 Å². The average Bonchev–Trinajstić information content (AvgIpc) is 2.53. The van der Waals surface area contributed by atoms with E-state index in [0.717, 1.165) is 5.57 Å². The lowest BCUT2D eigenvalue weighted by Gasteiger charge is -2.24. The summed E-state index contributed by atoms with van der Waals surface area (Å²) in [7, 11) is 1.47. The zero-order valence-corrected chi connectivity index (χ0v) is 12.7. The summed E-state index contributed by atoms with van der Waals surface area (Å²) >= 11 is 0. The van der Waals surface area contributed by atoms with E-state index in [4.69, 9.17) is 9.47 Å². The highest BCUT2D eigenvalue weighted by Gasteiger charge is 2.23. The number of hydrogen-bond donors (Lipinski definition) is 1. The number of benzene rings is 2. The molecule has 23 heavy (non-hydrogen) atoms. The Labute approximate surface area is 132 Å². The monoisotopic (exact) mass is 314 g/mol. The Hall–Kier alpha value is -2.82. The molecule has 5 heteroatoms. The molecule has 0 spiro atoms. The Kier molecular flexibility index (Phi) is 3.78. The van der Waals surface area contributed by atoms with Gasteiger partial charge in [0.25, 0.3) is 0 Å². The molecule has 4 nitrogen and oxygen atoms in total. The van der Waals surface area contributed by atoms with Gasteiger partial charge in [-0.05, 0) is 48.9 Å². The zero-order valence-electron chi connectivity index (χ0n) is 12.7. The van der Waals surface area contributed by atoms with Crippen molar-refractivity contribution >= 4 is 11.5 Å². The lowest BCUT2D eigenvalue weighted by molar-refractivity contribution is 0.0697. The van der Waals surface area contributed by atoms with E-state index in [1.54, 1.807) is 18.2 Å². The molecule has 1 aliphatic rings. The molecule has 2 aromatic rings. The van der Waals surface area contributed by atoms with Crippen LogP contribution in [0.3, 0.4) is 0 Å². The molecule has 0 fully saturated rings. The number of halogens is 1. The number of aromatic carboxylic acids is 1. The van der Waals surface area contributed by atoms with Crippen molar-refractivity contribution < 1.29 is 23.8 Å². The van der Waals surface area contributed by atoms with Crippen molar-refractivity contribution in [1.82, 2.24) is 0 Å². The van der Waals surface area contributed by atoms with Crippen molar-refractivity contribution in [2.24, 2.45) is 0 Å². The SMILES string of the molecule is COc1cc(F)ccc1C1=CC(C)Oc2ccc(C(=O)O)cc21. The number of rotatable bonds is 3. The molecular formula is C18H15FO4. The topological polar surface area (TPSA) is 55.8 Å². The molecule has 0 aromatic heterocycles. The van der Waals surface area contributed by atoms with Gasteiger partial charge in [0.1, 0.15) is 23.4 Å². The summed E-state index contributed by atoms with van der Waals surface area (Å²) < 4.78 is 24.4. The highest BCUT2D eigenvalue weighted by Crippen LogP contribution is 2.40. The summed E-state index contributed by atoms with van der Waals surface area (Å²) in [5.41, 5.74) is 2.26. The second kappa shape index (κ2) is 5.76. The second-order valence-corrected chi connectivity index (χ2v) is 5.26. The van der Waals surface area contributed by atoms with Crippen molar-refractivity contribution in [2.45, 2.75) is 13.0 Å². The number of carbonyl (C=O) groups is 1. The van der Waals surface area contributed by atoms with Crippen LogP contribution in [0.4, 0.5) is 4.39 Å². The van der Waals surface area contributed by atoms with E-state index >= 15 is 0 Å². The fourth-order valence-corrected chi connectivity index (χ4v) is 2.66.